The summed E-state index contributed by atoms with van der Waals surface area (Å²) in [5, 5.41) is 0. The molecular weight excluding hydrogens is 62.1 g/mol. The van der Waals surface area contributed by atoms with Crippen molar-refractivity contribution in [3.63, 3.8) is 0 Å². The molecule has 0 radical (unpaired) electrons. The van der Waals surface area contributed by atoms with Crippen LogP contribution in [-0.2, 0) is 0 Å². The molecule has 0 fully saturated rings. The van der Waals surface area contributed by atoms with Gasteiger partial charge in [-0.1, -0.05) is 6.58 Å². The van der Waals surface area contributed by atoms with Gasteiger partial charge in [0.2, 0.25) is 0 Å². The summed E-state index contributed by atoms with van der Waals surface area (Å²) in [7, 11) is 0. The molecule has 24 valence electrons. The fraction of sp³-hybridized carbons (Fsp3) is 0. The van der Waals surface area contributed by atoms with Crippen LogP contribution in [0, 0.1) is 12.8 Å². The van der Waals surface area contributed by atoms with Gasteiger partial charge in [0.25, 0.3) is 0 Å². The Hall–Kier alpha value is -0.990. The number of hydrogen-bond donors (Lipinski definition) is 0. The molecule has 0 N–H and O–H groups in total. The molecule has 0 unspecified atom stereocenters. The second-order valence-corrected chi connectivity index (χ2v) is 0.400. The summed E-state index contributed by atoms with van der Waals surface area (Å²) in [6.45, 7) is 9.11. The van der Waals surface area contributed by atoms with E-state index in [0.29, 0.717) is 0 Å². The van der Waals surface area contributed by atoms with Crippen molar-refractivity contribution in [1.29, 1.82) is 0 Å². The molecule has 0 saturated carbocycles. The van der Waals surface area contributed by atoms with E-state index in [9.17, 15) is 0 Å². The highest BCUT2D eigenvalue weighted by atomic mass is 14.6. The maximum Gasteiger partial charge on any atom is -0.0199 e. The van der Waals surface area contributed by atoms with Crippen LogP contribution >= 0.6 is 0 Å². The number of hydrogen-bond acceptors (Lipinski definition) is 0. The lowest BCUT2D eigenvalue weighted by Crippen LogP contribution is -1.22. The second kappa shape index (κ2) is 3.01. The monoisotopic (exact) mass is 64.0 g/mol. The SMILES string of the molecule is [C-]#[N+][C-]=C=C. The fourth-order valence-electron chi connectivity index (χ4n) is 0.0395. The Bertz CT molecular complexity index is 90.7. The van der Waals surface area contributed by atoms with Gasteiger partial charge in [-0.2, -0.15) is 0 Å². The largest absolute Gasteiger partial charge is 0.470 e. The molecule has 0 spiro atoms. The molecule has 0 aliphatic carbocycles. The van der Waals surface area contributed by atoms with Crippen molar-refractivity contribution in [1.82, 2.24) is 0 Å². The maximum absolute atomic E-state index is 6.01. The summed E-state index contributed by atoms with van der Waals surface area (Å²) in [5.74, 6) is 0. The van der Waals surface area contributed by atoms with E-state index in [1.807, 2.05) is 6.20 Å². The smallest absolute Gasteiger partial charge is 0.0199 e. The molecule has 5 heavy (non-hydrogen) atoms. The van der Waals surface area contributed by atoms with E-state index < -0.39 is 0 Å². The summed E-state index contributed by atoms with van der Waals surface area (Å²) < 4.78 is 0. The minimum Gasteiger partial charge on any atom is -0.470 e. The summed E-state index contributed by atoms with van der Waals surface area (Å²) >= 11 is 0. The van der Waals surface area contributed by atoms with E-state index in [1.54, 1.807) is 0 Å². The standard InChI is InChI=1S/C4H2N/c1-3-4-5-2/h1H2/q-1. The first-order chi connectivity index (χ1) is 2.41. The van der Waals surface area contributed by atoms with Gasteiger partial charge in [0.05, 0.1) is 0 Å². The fourth-order valence-corrected chi connectivity index (χ4v) is 0.0395. The minimum absolute atomic E-state index is 2.04. The highest BCUT2D eigenvalue weighted by Gasteiger charge is 1.17. The van der Waals surface area contributed by atoms with Crippen LogP contribution in [0.25, 0.3) is 4.85 Å². The number of nitrogens with zero attached hydrogens (tertiary/aromatic N) is 1. The van der Waals surface area contributed by atoms with Gasteiger partial charge in [-0.15, -0.1) is 0 Å². The predicted octanol–water partition coefficient (Wildman–Crippen LogP) is 1.01. The van der Waals surface area contributed by atoms with Crippen LogP contribution in [0.1, 0.15) is 0 Å². The molecule has 0 aliphatic heterocycles. The molecule has 0 saturated heterocycles. The quantitative estimate of drug-likeness (QED) is 0.292. The Morgan fingerprint density at radius 2 is 2.60 bits per heavy atom. The van der Waals surface area contributed by atoms with Crippen molar-refractivity contribution >= 4 is 0 Å². The summed E-state index contributed by atoms with van der Waals surface area (Å²) in [6, 6.07) is 0. The lowest BCUT2D eigenvalue weighted by molar-refractivity contribution is 1.96. The normalized spacial score (nSPS) is 3.80. The van der Waals surface area contributed by atoms with Crippen LogP contribution in [0.4, 0.5) is 0 Å². The third kappa shape index (κ3) is 3.01. The molecule has 0 aromatic rings. The molecule has 0 heterocycles. The zero-order valence-corrected chi connectivity index (χ0v) is 2.65. The van der Waals surface area contributed by atoms with E-state index in [-0.39, 0.29) is 0 Å². The predicted molar refractivity (Wildman–Crippen MR) is 19.0 cm³/mol. The number of rotatable bonds is 0. The van der Waals surface area contributed by atoms with Crippen LogP contribution in [0.15, 0.2) is 12.3 Å². The van der Waals surface area contributed by atoms with E-state index in [0.717, 1.165) is 0 Å². The topological polar surface area (TPSA) is 4.36 Å². The molecular formula is C4H2N-. The first-order valence-corrected chi connectivity index (χ1v) is 1.05. The first-order valence-electron chi connectivity index (χ1n) is 1.05. The van der Waals surface area contributed by atoms with Crippen LogP contribution in [0.2, 0.25) is 0 Å². The van der Waals surface area contributed by atoms with Crippen molar-refractivity contribution in [2.45, 2.75) is 0 Å². The van der Waals surface area contributed by atoms with Gasteiger partial charge in [0, 0.05) is 0 Å². The molecule has 0 aliphatic rings. The van der Waals surface area contributed by atoms with Crippen molar-refractivity contribution < 1.29 is 0 Å². The lowest BCUT2D eigenvalue weighted by Gasteiger charge is -1.62. The van der Waals surface area contributed by atoms with Gasteiger partial charge >= 0.3 is 0 Å². The third-order valence-corrected chi connectivity index (χ3v) is 0.135. The zero-order valence-electron chi connectivity index (χ0n) is 2.65. The first kappa shape index (κ1) is 4.01. The Kier molecular flexibility index (Phi) is 2.41. The maximum atomic E-state index is 6.01. The second-order valence-electron chi connectivity index (χ2n) is 0.400. The molecule has 1 nitrogen and oxygen atoms in total. The van der Waals surface area contributed by atoms with Gasteiger partial charge in [-0.25, -0.2) is 0 Å². The average molecular weight is 64.1 g/mol. The Morgan fingerprint density at radius 1 is 2.00 bits per heavy atom. The van der Waals surface area contributed by atoms with Crippen molar-refractivity contribution in [2.75, 3.05) is 0 Å². The molecule has 0 aromatic heterocycles. The van der Waals surface area contributed by atoms with Crippen molar-refractivity contribution in [3.8, 4) is 0 Å². The molecule has 0 bridgehead atoms. The van der Waals surface area contributed by atoms with E-state index in [4.69, 9.17) is 6.57 Å². The highest BCUT2D eigenvalue weighted by Crippen LogP contribution is 1.54. The van der Waals surface area contributed by atoms with E-state index >= 15 is 0 Å². The van der Waals surface area contributed by atoms with Crippen molar-refractivity contribution in [2.24, 2.45) is 0 Å². The highest BCUT2D eigenvalue weighted by molar-refractivity contribution is 4.73. The van der Waals surface area contributed by atoms with Crippen LogP contribution in [0.5, 0.6) is 0 Å². The summed E-state index contributed by atoms with van der Waals surface area (Å²) in [5.41, 5.74) is 2.16. The Morgan fingerprint density at radius 3 is 2.60 bits per heavy atom. The van der Waals surface area contributed by atoms with Crippen LogP contribution in [-0.4, -0.2) is 0 Å². The van der Waals surface area contributed by atoms with Gasteiger partial charge in [0.15, 0.2) is 0 Å². The third-order valence-electron chi connectivity index (χ3n) is 0.135. The average Bonchev–Trinajstić information content (AvgIpc) is 1.41. The van der Waals surface area contributed by atoms with Gasteiger partial charge in [0.1, 0.15) is 0 Å². The minimum atomic E-state index is 2.04. The van der Waals surface area contributed by atoms with Crippen LogP contribution in [0.3, 0.4) is 0 Å². The molecule has 0 amide bonds. The van der Waals surface area contributed by atoms with E-state index in [1.165, 1.54) is 0 Å². The zero-order chi connectivity index (χ0) is 4.12. The summed E-state index contributed by atoms with van der Waals surface area (Å²) in [6.07, 6.45) is 2.04. The van der Waals surface area contributed by atoms with Gasteiger partial charge in [-0.05, 0) is 6.20 Å². The van der Waals surface area contributed by atoms with Gasteiger partial charge in [-0.3, -0.25) is 12.3 Å². The Labute approximate surface area is 31.1 Å². The molecule has 1 heteroatoms. The summed E-state index contributed by atoms with van der Waals surface area (Å²) in [4.78, 5) is 2.68. The molecule has 0 rings (SSSR count). The van der Waals surface area contributed by atoms with E-state index in [2.05, 4.69) is 17.2 Å². The lowest BCUT2D eigenvalue weighted by atomic mass is 10.9. The molecule has 0 aromatic carbocycles. The Balaban J connectivity index is 3.46. The van der Waals surface area contributed by atoms with Crippen molar-refractivity contribution in [3.05, 3.63) is 29.9 Å². The van der Waals surface area contributed by atoms with Gasteiger partial charge < -0.3 is 4.85 Å². The molecule has 0 atom stereocenters. The van der Waals surface area contributed by atoms with Crippen LogP contribution < -0.4 is 0 Å².